The number of hydrogen-bond donors (Lipinski definition) is 1. The van der Waals surface area contributed by atoms with Crippen molar-refractivity contribution in [3.05, 3.63) is 0 Å². The minimum Gasteiger partial charge on any atom is -0.379 e. The maximum Gasteiger partial charge on any atom is 0.0619 e. The van der Waals surface area contributed by atoms with E-state index in [2.05, 4.69) is 24.1 Å². The SMILES string of the molecule is CC(CCCNC1CC1)N1CCOCC1C. The van der Waals surface area contributed by atoms with Crippen molar-refractivity contribution in [1.29, 1.82) is 0 Å². The van der Waals surface area contributed by atoms with Crippen LogP contribution in [0.2, 0.25) is 0 Å². The number of morpholine rings is 1. The average Bonchev–Trinajstić information content (AvgIpc) is 3.08. The second-order valence-corrected chi connectivity index (χ2v) is 5.38. The normalized spacial score (nSPS) is 29.2. The topological polar surface area (TPSA) is 24.5 Å². The van der Waals surface area contributed by atoms with Crippen molar-refractivity contribution >= 4 is 0 Å². The molecular formula is C13H26N2O. The van der Waals surface area contributed by atoms with E-state index in [-0.39, 0.29) is 0 Å². The van der Waals surface area contributed by atoms with Gasteiger partial charge in [0, 0.05) is 24.7 Å². The lowest BCUT2D eigenvalue weighted by molar-refractivity contribution is -0.0201. The summed E-state index contributed by atoms with van der Waals surface area (Å²) in [5.74, 6) is 0. The lowest BCUT2D eigenvalue weighted by Crippen LogP contribution is -2.48. The maximum absolute atomic E-state index is 5.47. The van der Waals surface area contributed by atoms with E-state index in [4.69, 9.17) is 4.74 Å². The van der Waals surface area contributed by atoms with Crippen LogP contribution in [0.5, 0.6) is 0 Å². The Labute approximate surface area is 99.5 Å². The number of nitrogens with zero attached hydrogens (tertiary/aromatic N) is 1. The standard InChI is InChI=1S/C13H26N2O/c1-11(4-3-7-14-13-5-6-13)15-8-9-16-10-12(15)2/h11-14H,3-10H2,1-2H3. The number of ether oxygens (including phenoxy) is 1. The molecule has 2 fully saturated rings. The first-order valence-electron chi connectivity index (χ1n) is 6.84. The van der Waals surface area contributed by atoms with E-state index in [0.29, 0.717) is 12.1 Å². The Morgan fingerprint density at radius 1 is 1.44 bits per heavy atom. The van der Waals surface area contributed by atoms with Crippen LogP contribution in [-0.4, -0.2) is 49.3 Å². The summed E-state index contributed by atoms with van der Waals surface area (Å²) in [6, 6.07) is 2.16. The number of rotatable bonds is 6. The third-order valence-electron chi connectivity index (χ3n) is 3.79. The molecule has 0 amide bonds. The molecule has 0 bridgehead atoms. The number of hydrogen-bond acceptors (Lipinski definition) is 3. The van der Waals surface area contributed by atoms with Crippen LogP contribution in [0.1, 0.15) is 39.5 Å². The van der Waals surface area contributed by atoms with Crippen LogP contribution in [0, 0.1) is 0 Å². The molecule has 94 valence electrons. The molecule has 2 aliphatic rings. The van der Waals surface area contributed by atoms with Gasteiger partial charge in [-0.3, -0.25) is 4.90 Å². The van der Waals surface area contributed by atoms with Crippen molar-refractivity contribution in [3.8, 4) is 0 Å². The van der Waals surface area contributed by atoms with Crippen molar-refractivity contribution in [2.24, 2.45) is 0 Å². The summed E-state index contributed by atoms with van der Waals surface area (Å²) in [5.41, 5.74) is 0. The minimum atomic E-state index is 0.597. The maximum atomic E-state index is 5.47. The van der Waals surface area contributed by atoms with Crippen molar-refractivity contribution in [2.75, 3.05) is 26.3 Å². The molecule has 2 rings (SSSR count). The average molecular weight is 226 g/mol. The van der Waals surface area contributed by atoms with E-state index in [1.807, 2.05) is 0 Å². The molecule has 3 nitrogen and oxygen atoms in total. The van der Waals surface area contributed by atoms with Crippen molar-refractivity contribution in [2.45, 2.75) is 57.7 Å². The van der Waals surface area contributed by atoms with Crippen molar-refractivity contribution in [1.82, 2.24) is 10.2 Å². The second kappa shape index (κ2) is 5.99. The molecular weight excluding hydrogens is 200 g/mol. The van der Waals surface area contributed by atoms with Crippen LogP contribution < -0.4 is 5.32 Å². The Bertz CT molecular complexity index is 206. The van der Waals surface area contributed by atoms with Gasteiger partial charge in [-0.15, -0.1) is 0 Å². The van der Waals surface area contributed by atoms with Gasteiger partial charge in [-0.2, -0.15) is 0 Å². The first kappa shape index (κ1) is 12.3. The van der Waals surface area contributed by atoms with E-state index in [1.54, 1.807) is 0 Å². The molecule has 2 atom stereocenters. The van der Waals surface area contributed by atoms with Crippen molar-refractivity contribution in [3.63, 3.8) is 0 Å². The van der Waals surface area contributed by atoms with Crippen LogP contribution in [-0.2, 0) is 4.74 Å². The largest absolute Gasteiger partial charge is 0.379 e. The zero-order valence-corrected chi connectivity index (χ0v) is 10.7. The van der Waals surface area contributed by atoms with Crippen LogP contribution in [0.4, 0.5) is 0 Å². The summed E-state index contributed by atoms with van der Waals surface area (Å²) in [7, 11) is 0. The Hall–Kier alpha value is -0.120. The van der Waals surface area contributed by atoms with Gasteiger partial charge in [0.05, 0.1) is 13.2 Å². The van der Waals surface area contributed by atoms with E-state index < -0.39 is 0 Å². The zero-order valence-electron chi connectivity index (χ0n) is 10.7. The van der Waals surface area contributed by atoms with Gasteiger partial charge < -0.3 is 10.1 Å². The zero-order chi connectivity index (χ0) is 11.4. The van der Waals surface area contributed by atoms with Crippen LogP contribution >= 0.6 is 0 Å². The lowest BCUT2D eigenvalue weighted by atomic mass is 10.1. The van der Waals surface area contributed by atoms with Gasteiger partial charge in [0.15, 0.2) is 0 Å². The molecule has 1 N–H and O–H groups in total. The number of nitrogens with one attached hydrogen (secondary N) is 1. The molecule has 1 aliphatic carbocycles. The van der Waals surface area contributed by atoms with E-state index in [0.717, 1.165) is 25.8 Å². The van der Waals surface area contributed by atoms with Gasteiger partial charge in [-0.25, -0.2) is 0 Å². The first-order chi connectivity index (χ1) is 7.77. The molecule has 1 saturated heterocycles. The molecule has 16 heavy (non-hydrogen) atoms. The highest BCUT2D eigenvalue weighted by molar-refractivity contribution is 4.81. The Morgan fingerprint density at radius 2 is 2.25 bits per heavy atom. The third kappa shape index (κ3) is 3.72. The monoisotopic (exact) mass is 226 g/mol. The molecule has 0 aromatic rings. The molecule has 1 saturated carbocycles. The molecule has 0 spiro atoms. The molecule has 1 heterocycles. The molecule has 0 aromatic heterocycles. The van der Waals surface area contributed by atoms with Gasteiger partial charge in [0.25, 0.3) is 0 Å². The Kier molecular flexibility index (Phi) is 4.62. The Balaban J connectivity index is 1.59. The molecule has 1 aliphatic heterocycles. The van der Waals surface area contributed by atoms with Crippen LogP contribution in [0.3, 0.4) is 0 Å². The first-order valence-corrected chi connectivity index (χ1v) is 6.84. The highest BCUT2D eigenvalue weighted by Gasteiger charge is 2.23. The van der Waals surface area contributed by atoms with Gasteiger partial charge in [0.1, 0.15) is 0 Å². The van der Waals surface area contributed by atoms with Gasteiger partial charge in [-0.1, -0.05) is 0 Å². The van der Waals surface area contributed by atoms with Crippen molar-refractivity contribution < 1.29 is 4.74 Å². The minimum absolute atomic E-state index is 0.597. The second-order valence-electron chi connectivity index (χ2n) is 5.38. The van der Waals surface area contributed by atoms with E-state index >= 15 is 0 Å². The van der Waals surface area contributed by atoms with Gasteiger partial charge in [0.2, 0.25) is 0 Å². The van der Waals surface area contributed by atoms with Crippen LogP contribution in [0.25, 0.3) is 0 Å². The predicted octanol–water partition coefficient (Wildman–Crippen LogP) is 1.63. The highest BCUT2D eigenvalue weighted by Crippen LogP contribution is 2.19. The Morgan fingerprint density at radius 3 is 2.94 bits per heavy atom. The molecule has 3 heteroatoms. The summed E-state index contributed by atoms with van der Waals surface area (Å²) in [6.45, 7) is 8.77. The summed E-state index contributed by atoms with van der Waals surface area (Å²) in [4.78, 5) is 2.60. The third-order valence-corrected chi connectivity index (χ3v) is 3.79. The molecule has 0 radical (unpaired) electrons. The summed E-state index contributed by atoms with van der Waals surface area (Å²) in [6.07, 6.45) is 5.41. The molecule has 0 aromatic carbocycles. The fourth-order valence-electron chi connectivity index (χ4n) is 2.55. The molecule has 2 unspecified atom stereocenters. The summed E-state index contributed by atoms with van der Waals surface area (Å²) < 4.78 is 5.47. The van der Waals surface area contributed by atoms with Crippen LogP contribution in [0.15, 0.2) is 0 Å². The predicted molar refractivity (Wildman–Crippen MR) is 66.7 cm³/mol. The quantitative estimate of drug-likeness (QED) is 0.697. The smallest absolute Gasteiger partial charge is 0.0619 e. The summed E-state index contributed by atoms with van der Waals surface area (Å²) >= 11 is 0. The van der Waals surface area contributed by atoms with E-state index in [1.165, 1.54) is 32.2 Å². The van der Waals surface area contributed by atoms with Gasteiger partial charge >= 0.3 is 0 Å². The fraction of sp³-hybridized carbons (Fsp3) is 1.00. The van der Waals surface area contributed by atoms with E-state index in [9.17, 15) is 0 Å². The summed E-state index contributed by atoms with van der Waals surface area (Å²) in [5, 5.41) is 3.58. The fourth-order valence-corrected chi connectivity index (χ4v) is 2.55. The highest BCUT2D eigenvalue weighted by atomic mass is 16.5. The van der Waals surface area contributed by atoms with Gasteiger partial charge in [-0.05, 0) is 46.1 Å². The lowest BCUT2D eigenvalue weighted by Gasteiger charge is -2.38.